The largest absolute Gasteiger partial charge is 0.396 e. The highest BCUT2D eigenvalue weighted by atomic mass is 32.2. The van der Waals surface area contributed by atoms with E-state index in [2.05, 4.69) is 42.5 Å². The monoisotopic (exact) mass is 285 g/mol. The van der Waals surface area contributed by atoms with Gasteiger partial charge in [0.25, 0.3) is 0 Å². The van der Waals surface area contributed by atoms with E-state index in [0.29, 0.717) is 0 Å². The Morgan fingerprint density at radius 1 is 1.10 bits per heavy atom. The molecule has 0 amide bonds. The summed E-state index contributed by atoms with van der Waals surface area (Å²) in [6, 6.07) is 15.2. The van der Waals surface area contributed by atoms with E-state index in [4.69, 9.17) is 10.8 Å². The van der Waals surface area contributed by atoms with Crippen molar-refractivity contribution in [3.8, 4) is 11.1 Å². The van der Waals surface area contributed by atoms with Gasteiger partial charge in [0.2, 0.25) is 0 Å². The number of fused-ring (bicyclic) bond motifs is 3. The number of benzene rings is 2. The Kier molecular flexibility index (Phi) is 4.10. The maximum Gasteiger partial charge on any atom is 0.0521 e. The molecule has 3 N–H and O–H groups in total. The molecule has 1 unspecified atom stereocenters. The molecule has 20 heavy (non-hydrogen) atoms. The summed E-state index contributed by atoms with van der Waals surface area (Å²) in [6.07, 6.45) is 1.01. The van der Waals surface area contributed by atoms with Gasteiger partial charge in [-0.1, -0.05) is 42.5 Å². The van der Waals surface area contributed by atoms with Crippen molar-refractivity contribution < 1.29 is 5.11 Å². The van der Waals surface area contributed by atoms with Gasteiger partial charge in [-0.3, -0.25) is 0 Å². The molecular weight excluding hydrogens is 266 g/mol. The molecule has 0 fully saturated rings. The zero-order valence-electron chi connectivity index (χ0n) is 11.4. The highest BCUT2D eigenvalue weighted by molar-refractivity contribution is 7.99. The van der Waals surface area contributed by atoms with E-state index < -0.39 is 0 Å². The minimum atomic E-state index is 0.0422. The van der Waals surface area contributed by atoms with Crippen LogP contribution in [0.25, 0.3) is 11.1 Å². The first-order valence-corrected chi connectivity index (χ1v) is 8.10. The van der Waals surface area contributed by atoms with Crippen molar-refractivity contribution in [2.75, 3.05) is 18.1 Å². The third kappa shape index (κ3) is 2.62. The Bertz CT molecular complexity index is 612. The molecule has 3 rings (SSSR count). The molecule has 0 spiro atoms. The summed E-state index contributed by atoms with van der Waals surface area (Å²) in [5, 5.41) is 8.82. The summed E-state index contributed by atoms with van der Waals surface area (Å²) >= 11 is 1.70. The van der Waals surface area contributed by atoms with Gasteiger partial charge in [-0.15, -0.1) is 0 Å². The lowest BCUT2D eigenvalue weighted by atomic mass is 10.0. The molecule has 0 radical (unpaired) electrons. The summed E-state index contributed by atoms with van der Waals surface area (Å²) in [5.41, 5.74) is 12.9. The second-order valence-corrected chi connectivity index (χ2v) is 6.31. The first-order valence-electron chi connectivity index (χ1n) is 6.95. The molecule has 0 saturated heterocycles. The zero-order valence-corrected chi connectivity index (χ0v) is 12.2. The summed E-state index contributed by atoms with van der Waals surface area (Å²) in [5.74, 6) is 1.61. The number of nitrogens with two attached hydrogens (primary N) is 1. The fraction of sp³-hybridized carbons (Fsp3) is 0.294. The van der Waals surface area contributed by atoms with E-state index >= 15 is 0 Å². The van der Waals surface area contributed by atoms with Gasteiger partial charge in [0, 0.05) is 17.5 Å². The van der Waals surface area contributed by atoms with Gasteiger partial charge in [0.15, 0.2) is 0 Å². The lowest BCUT2D eigenvalue weighted by Gasteiger charge is -2.13. The van der Waals surface area contributed by atoms with Crippen LogP contribution in [0.2, 0.25) is 0 Å². The molecule has 0 saturated carbocycles. The molecule has 3 heteroatoms. The Balaban J connectivity index is 1.80. The average Bonchev–Trinajstić information content (AvgIpc) is 2.85. The standard InChI is InChI=1S/C17H19NOS/c18-17(11-20-8-7-19)13-5-6-16-14(10-13)9-12-3-1-2-4-15(12)16/h1-6,10,17,19H,7-9,11,18H2. The molecule has 104 valence electrons. The topological polar surface area (TPSA) is 46.2 Å². The van der Waals surface area contributed by atoms with Crippen molar-refractivity contribution in [2.45, 2.75) is 12.5 Å². The van der Waals surface area contributed by atoms with E-state index in [1.54, 1.807) is 11.8 Å². The fourth-order valence-corrected chi connectivity index (χ4v) is 3.51. The summed E-state index contributed by atoms with van der Waals surface area (Å²) < 4.78 is 0. The van der Waals surface area contributed by atoms with E-state index in [0.717, 1.165) is 17.9 Å². The Morgan fingerprint density at radius 3 is 2.75 bits per heavy atom. The van der Waals surface area contributed by atoms with Gasteiger partial charge < -0.3 is 10.8 Å². The van der Waals surface area contributed by atoms with E-state index in [-0.39, 0.29) is 12.6 Å². The lowest BCUT2D eigenvalue weighted by molar-refractivity contribution is 0.322. The van der Waals surface area contributed by atoms with Crippen LogP contribution >= 0.6 is 11.8 Å². The van der Waals surface area contributed by atoms with Crippen LogP contribution in [0.3, 0.4) is 0 Å². The van der Waals surface area contributed by atoms with Crippen LogP contribution in [0.15, 0.2) is 42.5 Å². The molecule has 0 aromatic heterocycles. The van der Waals surface area contributed by atoms with Gasteiger partial charge in [-0.25, -0.2) is 0 Å². The number of aliphatic hydroxyl groups excluding tert-OH is 1. The second-order valence-electron chi connectivity index (χ2n) is 5.16. The second kappa shape index (κ2) is 6.00. The highest BCUT2D eigenvalue weighted by Crippen LogP contribution is 2.37. The first-order chi connectivity index (χ1) is 9.79. The molecule has 0 bridgehead atoms. The molecule has 2 aromatic rings. The third-order valence-corrected chi connectivity index (χ3v) is 4.84. The zero-order chi connectivity index (χ0) is 13.9. The predicted molar refractivity (Wildman–Crippen MR) is 86.0 cm³/mol. The van der Waals surface area contributed by atoms with Crippen molar-refractivity contribution in [3.05, 3.63) is 59.2 Å². The van der Waals surface area contributed by atoms with Gasteiger partial charge in [0.05, 0.1) is 6.61 Å². The Labute approximate surface area is 124 Å². The van der Waals surface area contributed by atoms with E-state index in [9.17, 15) is 0 Å². The number of hydrogen-bond acceptors (Lipinski definition) is 3. The van der Waals surface area contributed by atoms with Gasteiger partial charge in [0.1, 0.15) is 0 Å². The van der Waals surface area contributed by atoms with E-state index in [1.165, 1.54) is 27.8 Å². The van der Waals surface area contributed by atoms with E-state index in [1.807, 2.05) is 0 Å². The smallest absolute Gasteiger partial charge is 0.0521 e. The molecule has 1 aliphatic carbocycles. The molecule has 1 atom stereocenters. The number of thioether (sulfide) groups is 1. The fourth-order valence-electron chi connectivity index (χ4n) is 2.77. The SMILES string of the molecule is NC(CSCCO)c1ccc2c(c1)Cc1ccccc1-2. The normalized spacial score (nSPS) is 13.9. The predicted octanol–water partition coefficient (Wildman–Crippen LogP) is 2.98. The molecule has 2 nitrogen and oxygen atoms in total. The van der Waals surface area contributed by atoms with Gasteiger partial charge in [-0.05, 0) is 34.2 Å². The summed E-state index contributed by atoms with van der Waals surface area (Å²) in [6.45, 7) is 0.219. The van der Waals surface area contributed by atoms with Crippen LogP contribution in [-0.2, 0) is 6.42 Å². The van der Waals surface area contributed by atoms with Crippen molar-refractivity contribution >= 4 is 11.8 Å². The van der Waals surface area contributed by atoms with Crippen molar-refractivity contribution in [1.29, 1.82) is 0 Å². The van der Waals surface area contributed by atoms with Crippen molar-refractivity contribution in [1.82, 2.24) is 0 Å². The molecular formula is C17H19NOS. The Hall–Kier alpha value is -1.29. The van der Waals surface area contributed by atoms with Gasteiger partial charge >= 0.3 is 0 Å². The van der Waals surface area contributed by atoms with Crippen LogP contribution in [0, 0.1) is 0 Å². The third-order valence-electron chi connectivity index (χ3n) is 3.78. The Morgan fingerprint density at radius 2 is 1.90 bits per heavy atom. The first kappa shape index (κ1) is 13.7. The number of rotatable bonds is 5. The lowest BCUT2D eigenvalue weighted by Crippen LogP contribution is -2.13. The summed E-state index contributed by atoms with van der Waals surface area (Å²) in [4.78, 5) is 0. The molecule has 0 aliphatic heterocycles. The average molecular weight is 285 g/mol. The minimum Gasteiger partial charge on any atom is -0.396 e. The van der Waals surface area contributed by atoms with Crippen LogP contribution in [-0.4, -0.2) is 23.2 Å². The van der Waals surface area contributed by atoms with Crippen molar-refractivity contribution in [2.24, 2.45) is 5.73 Å². The number of hydrogen-bond donors (Lipinski definition) is 2. The summed E-state index contributed by atoms with van der Waals surface area (Å²) in [7, 11) is 0. The van der Waals surface area contributed by atoms with Crippen LogP contribution in [0.1, 0.15) is 22.7 Å². The number of aliphatic hydroxyl groups is 1. The van der Waals surface area contributed by atoms with Crippen LogP contribution in [0.4, 0.5) is 0 Å². The highest BCUT2D eigenvalue weighted by Gasteiger charge is 2.19. The van der Waals surface area contributed by atoms with Crippen molar-refractivity contribution in [3.63, 3.8) is 0 Å². The van der Waals surface area contributed by atoms with Crippen LogP contribution < -0.4 is 5.73 Å². The molecule has 1 aliphatic rings. The quantitative estimate of drug-likeness (QED) is 0.708. The molecule has 0 heterocycles. The maximum atomic E-state index is 8.82. The maximum absolute atomic E-state index is 8.82. The minimum absolute atomic E-state index is 0.0422. The van der Waals surface area contributed by atoms with Crippen LogP contribution in [0.5, 0.6) is 0 Å². The van der Waals surface area contributed by atoms with Gasteiger partial charge in [-0.2, -0.15) is 11.8 Å². The molecule has 2 aromatic carbocycles.